The fourth-order valence-electron chi connectivity index (χ4n) is 1.59. The monoisotopic (exact) mass is 336 g/mol. The molecule has 88 valence electrons. The van der Waals surface area contributed by atoms with E-state index in [9.17, 15) is 0 Å². The van der Waals surface area contributed by atoms with Crippen LogP contribution in [0.1, 0.15) is 39.0 Å². The third-order valence-electron chi connectivity index (χ3n) is 2.44. The molecule has 0 spiro atoms. The molecule has 0 rings (SSSR count). The Hall–Kier alpha value is 0.427. The Morgan fingerprint density at radius 3 is 2.27 bits per heavy atom. The second kappa shape index (κ2) is 7.66. The number of unbranched alkanes of at least 4 members (excludes halogenated alkanes) is 2. The Bertz CT molecular complexity index is 223. The van der Waals surface area contributed by atoms with Gasteiger partial charge in [-0.05, 0) is 22.5 Å². The first-order valence-corrected chi connectivity index (χ1v) is 10.5. The molecule has 0 aliphatic heterocycles. The van der Waals surface area contributed by atoms with Crippen LogP contribution >= 0.6 is 22.6 Å². The standard InChI is InChI=1S/C13H25ISi/c1-6-8-9-11-12(10-7-2)13(14)15(3,4)5/h7H,2,6,8-11H2,1,3-5H3/b13-12-. The first-order chi connectivity index (χ1) is 6.93. The minimum atomic E-state index is -1.10. The van der Waals surface area contributed by atoms with E-state index in [0.29, 0.717) is 0 Å². The van der Waals surface area contributed by atoms with Crippen LogP contribution in [0.2, 0.25) is 19.6 Å². The number of rotatable bonds is 7. The van der Waals surface area contributed by atoms with Gasteiger partial charge in [0.25, 0.3) is 0 Å². The van der Waals surface area contributed by atoms with Crippen LogP contribution in [0.15, 0.2) is 21.4 Å². The van der Waals surface area contributed by atoms with Crippen LogP contribution in [0.5, 0.6) is 0 Å². The van der Waals surface area contributed by atoms with Gasteiger partial charge in [0, 0.05) is 0 Å². The van der Waals surface area contributed by atoms with E-state index in [4.69, 9.17) is 0 Å². The first kappa shape index (κ1) is 15.4. The molecule has 0 radical (unpaired) electrons. The van der Waals surface area contributed by atoms with Gasteiger partial charge < -0.3 is 0 Å². The van der Waals surface area contributed by atoms with Crippen molar-refractivity contribution in [3.8, 4) is 0 Å². The zero-order valence-electron chi connectivity index (χ0n) is 10.7. The zero-order chi connectivity index (χ0) is 11.9. The number of hydrogen-bond donors (Lipinski definition) is 0. The highest BCUT2D eigenvalue weighted by atomic mass is 127. The smallest absolute Gasteiger partial charge is 0.0854 e. The summed E-state index contributed by atoms with van der Waals surface area (Å²) in [5, 5.41) is 0. The molecule has 0 aromatic carbocycles. The van der Waals surface area contributed by atoms with Gasteiger partial charge in [0.2, 0.25) is 0 Å². The van der Waals surface area contributed by atoms with Crippen molar-refractivity contribution in [1.29, 1.82) is 0 Å². The average molecular weight is 336 g/mol. The summed E-state index contributed by atoms with van der Waals surface area (Å²) in [4.78, 5) is 0. The Balaban J connectivity index is 4.55. The van der Waals surface area contributed by atoms with Crippen LogP contribution in [-0.2, 0) is 0 Å². The largest absolute Gasteiger partial charge is 0.103 e. The summed E-state index contributed by atoms with van der Waals surface area (Å²) in [6.45, 7) is 13.4. The predicted molar refractivity (Wildman–Crippen MR) is 83.3 cm³/mol. The Morgan fingerprint density at radius 1 is 1.27 bits per heavy atom. The van der Waals surface area contributed by atoms with E-state index in [1.165, 1.54) is 25.7 Å². The number of allylic oxidation sites excluding steroid dienone is 2. The van der Waals surface area contributed by atoms with Crippen molar-refractivity contribution in [3.63, 3.8) is 0 Å². The highest BCUT2D eigenvalue weighted by molar-refractivity contribution is 14.1. The van der Waals surface area contributed by atoms with Crippen molar-refractivity contribution < 1.29 is 0 Å². The lowest BCUT2D eigenvalue weighted by molar-refractivity contribution is 0.707. The molecule has 0 heterocycles. The lowest BCUT2D eigenvalue weighted by Gasteiger charge is -2.20. The van der Waals surface area contributed by atoms with Crippen molar-refractivity contribution in [1.82, 2.24) is 0 Å². The van der Waals surface area contributed by atoms with Gasteiger partial charge in [0.1, 0.15) is 0 Å². The topological polar surface area (TPSA) is 0 Å². The first-order valence-electron chi connectivity index (χ1n) is 5.92. The fraction of sp³-hybridized carbons (Fsp3) is 0.692. The summed E-state index contributed by atoms with van der Waals surface area (Å²) >= 11 is 2.58. The molecule has 0 saturated carbocycles. The second-order valence-electron chi connectivity index (χ2n) is 5.12. The highest BCUT2D eigenvalue weighted by Crippen LogP contribution is 2.29. The molecule has 0 bridgehead atoms. The molecule has 0 atom stereocenters. The maximum Gasteiger partial charge on any atom is 0.0854 e. The molecule has 0 amide bonds. The van der Waals surface area contributed by atoms with Crippen LogP contribution in [0.25, 0.3) is 0 Å². The lowest BCUT2D eigenvalue weighted by Crippen LogP contribution is -2.22. The van der Waals surface area contributed by atoms with Crippen LogP contribution in [0.4, 0.5) is 0 Å². The Kier molecular flexibility index (Phi) is 7.88. The van der Waals surface area contributed by atoms with E-state index in [1.807, 2.05) is 0 Å². The van der Waals surface area contributed by atoms with Crippen LogP contribution in [0.3, 0.4) is 0 Å². The Morgan fingerprint density at radius 2 is 1.87 bits per heavy atom. The SMILES string of the molecule is C=CC/C(CCCCC)=C(\I)[Si](C)(C)C. The molecular formula is C13H25ISi. The molecule has 0 unspecified atom stereocenters. The summed E-state index contributed by atoms with van der Waals surface area (Å²) in [6, 6.07) is 0. The van der Waals surface area contributed by atoms with E-state index < -0.39 is 8.07 Å². The molecule has 15 heavy (non-hydrogen) atoms. The molecule has 0 aliphatic carbocycles. The van der Waals surface area contributed by atoms with Crippen molar-refractivity contribution >= 4 is 30.7 Å². The summed E-state index contributed by atoms with van der Waals surface area (Å²) < 4.78 is 1.66. The second-order valence-corrected chi connectivity index (χ2v) is 12.2. The lowest BCUT2D eigenvalue weighted by atomic mass is 10.1. The summed E-state index contributed by atoms with van der Waals surface area (Å²) in [6.07, 6.45) is 8.44. The van der Waals surface area contributed by atoms with Crippen LogP contribution in [-0.4, -0.2) is 8.07 Å². The van der Waals surface area contributed by atoms with Gasteiger partial charge in [-0.1, -0.05) is 73.6 Å². The van der Waals surface area contributed by atoms with Gasteiger partial charge >= 0.3 is 0 Å². The van der Waals surface area contributed by atoms with Gasteiger partial charge in [0.15, 0.2) is 0 Å². The van der Waals surface area contributed by atoms with Gasteiger partial charge in [-0.3, -0.25) is 0 Å². The average Bonchev–Trinajstić information content (AvgIpc) is 2.14. The maximum atomic E-state index is 3.87. The summed E-state index contributed by atoms with van der Waals surface area (Å²) in [5.74, 6) is 0. The van der Waals surface area contributed by atoms with Crippen molar-refractivity contribution in [2.24, 2.45) is 0 Å². The van der Waals surface area contributed by atoms with E-state index in [2.05, 4.69) is 61.8 Å². The summed E-state index contributed by atoms with van der Waals surface area (Å²) in [7, 11) is -1.10. The van der Waals surface area contributed by atoms with Gasteiger partial charge in [-0.2, -0.15) is 0 Å². The highest BCUT2D eigenvalue weighted by Gasteiger charge is 2.20. The maximum absolute atomic E-state index is 3.87. The molecule has 0 aromatic rings. The minimum absolute atomic E-state index is 1.09. The van der Waals surface area contributed by atoms with E-state index in [1.54, 1.807) is 8.78 Å². The van der Waals surface area contributed by atoms with Crippen molar-refractivity contribution in [2.75, 3.05) is 0 Å². The van der Waals surface area contributed by atoms with Crippen molar-refractivity contribution in [2.45, 2.75) is 58.7 Å². The van der Waals surface area contributed by atoms with E-state index in [0.717, 1.165) is 6.42 Å². The minimum Gasteiger partial charge on any atom is -0.103 e. The number of hydrogen-bond acceptors (Lipinski definition) is 0. The summed E-state index contributed by atoms with van der Waals surface area (Å²) in [5.41, 5.74) is 1.65. The molecule has 2 heteroatoms. The molecule has 0 fully saturated rings. The van der Waals surface area contributed by atoms with Gasteiger partial charge in [-0.25, -0.2) is 0 Å². The van der Waals surface area contributed by atoms with E-state index in [-0.39, 0.29) is 0 Å². The molecule has 0 aromatic heterocycles. The molecule has 0 saturated heterocycles. The quantitative estimate of drug-likeness (QED) is 0.242. The molecule has 0 N–H and O–H groups in total. The predicted octanol–water partition coefficient (Wildman–Crippen LogP) is 5.71. The third kappa shape index (κ3) is 6.56. The number of halogens is 1. The van der Waals surface area contributed by atoms with Crippen LogP contribution in [0, 0.1) is 0 Å². The molecule has 0 nitrogen and oxygen atoms in total. The zero-order valence-corrected chi connectivity index (χ0v) is 13.9. The van der Waals surface area contributed by atoms with Crippen LogP contribution < -0.4 is 0 Å². The van der Waals surface area contributed by atoms with Gasteiger partial charge in [0.05, 0.1) is 8.07 Å². The van der Waals surface area contributed by atoms with Crippen molar-refractivity contribution in [3.05, 3.63) is 21.4 Å². The fourth-order valence-corrected chi connectivity index (χ4v) is 3.37. The van der Waals surface area contributed by atoms with Gasteiger partial charge in [-0.15, -0.1) is 6.58 Å². The molecular weight excluding hydrogens is 311 g/mol. The van der Waals surface area contributed by atoms with E-state index >= 15 is 0 Å². The normalized spacial score (nSPS) is 13.7. The molecule has 0 aliphatic rings. The Labute approximate surface area is 110 Å². The third-order valence-corrected chi connectivity index (χ3v) is 9.73.